The summed E-state index contributed by atoms with van der Waals surface area (Å²) in [6.07, 6.45) is 1.53. The minimum atomic E-state index is -1.20. The average molecular weight is 265 g/mol. The highest BCUT2D eigenvalue weighted by Crippen LogP contribution is 2.22. The van der Waals surface area contributed by atoms with Crippen LogP contribution in [-0.2, 0) is 0 Å². The molecule has 0 unspecified atom stereocenters. The first-order valence-electron chi connectivity index (χ1n) is 5.06. The van der Waals surface area contributed by atoms with Gasteiger partial charge in [0.05, 0.1) is 11.2 Å². The summed E-state index contributed by atoms with van der Waals surface area (Å²) in [5, 5.41) is 8.94. The van der Waals surface area contributed by atoms with Crippen molar-refractivity contribution in [1.82, 2.24) is 9.97 Å². The fourth-order valence-corrected chi connectivity index (χ4v) is 1.45. The van der Waals surface area contributed by atoms with Crippen molar-refractivity contribution < 1.29 is 14.6 Å². The Morgan fingerprint density at radius 3 is 2.72 bits per heavy atom. The van der Waals surface area contributed by atoms with Crippen LogP contribution in [0.15, 0.2) is 30.5 Å². The number of pyridine rings is 2. The van der Waals surface area contributed by atoms with Gasteiger partial charge in [0.2, 0.25) is 5.88 Å². The molecule has 92 valence electrons. The highest BCUT2D eigenvalue weighted by atomic mass is 35.5. The molecule has 6 heteroatoms. The topological polar surface area (TPSA) is 72.3 Å². The van der Waals surface area contributed by atoms with E-state index in [0.29, 0.717) is 5.75 Å². The molecule has 0 aliphatic rings. The number of aromatic nitrogens is 2. The van der Waals surface area contributed by atoms with Crippen molar-refractivity contribution in [3.63, 3.8) is 0 Å². The van der Waals surface area contributed by atoms with Crippen molar-refractivity contribution in [3.8, 4) is 11.6 Å². The molecule has 2 aromatic heterocycles. The van der Waals surface area contributed by atoms with E-state index in [1.807, 2.05) is 6.92 Å². The van der Waals surface area contributed by atoms with Gasteiger partial charge in [-0.25, -0.2) is 9.78 Å². The predicted octanol–water partition coefficient (Wildman–Crippen LogP) is 2.93. The molecular formula is C12H9ClN2O3. The number of carboxylic acid groups (broad SMARTS) is 1. The Hall–Kier alpha value is -2.14. The molecule has 0 saturated carbocycles. The van der Waals surface area contributed by atoms with Gasteiger partial charge in [0, 0.05) is 11.8 Å². The second kappa shape index (κ2) is 5.01. The number of rotatable bonds is 3. The summed E-state index contributed by atoms with van der Waals surface area (Å²) in [7, 11) is 0. The van der Waals surface area contributed by atoms with Crippen molar-refractivity contribution in [2.45, 2.75) is 6.92 Å². The number of aryl methyl sites for hydroxylation is 1. The van der Waals surface area contributed by atoms with Crippen LogP contribution in [0.3, 0.4) is 0 Å². The number of hydrogen-bond acceptors (Lipinski definition) is 4. The Morgan fingerprint density at radius 2 is 2.11 bits per heavy atom. The van der Waals surface area contributed by atoms with E-state index in [9.17, 15) is 4.79 Å². The van der Waals surface area contributed by atoms with E-state index in [1.54, 1.807) is 12.1 Å². The fraction of sp³-hybridized carbons (Fsp3) is 0.0833. The van der Waals surface area contributed by atoms with Gasteiger partial charge in [0.25, 0.3) is 0 Å². The van der Waals surface area contributed by atoms with Gasteiger partial charge in [-0.05, 0) is 25.1 Å². The zero-order valence-electron chi connectivity index (χ0n) is 9.42. The van der Waals surface area contributed by atoms with Crippen LogP contribution in [0.4, 0.5) is 0 Å². The van der Waals surface area contributed by atoms with Crippen LogP contribution in [0, 0.1) is 6.92 Å². The van der Waals surface area contributed by atoms with Crippen molar-refractivity contribution in [3.05, 3.63) is 46.9 Å². The first-order chi connectivity index (χ1) is 8.56. The standard InChI is InChI=1S/C12H9ClN2O3/c1-7-2-3-8(6-14-7)18-10-5-4-9(13)11(15-10)12(16)17/h2-6H,1H3,(H,16,17). The van der Waals surface area contributed by atoms with Crippen LogP contribution in [0.1, 0.15) is 16.2 Å². The molecule has 0 atom stereocenters. The normalized spacial score (nSPS) is 10.1. The highest BCUT2D eigenvalue weighted by molar-refractivity contribution is 6.33. The molecule has 0 fully saturated rings. The van der Waals surface area contributed by atoms with E-state index in [2.05, 4.69) is 9.97 Å². The first kappa shape index (κ1) is 12.3. The highest BCUT2D eigenvalue weighted by Gasteiger charge is 2.12. The van der Waals surface area contributed by atoms with Crippen molar-refractivity contribution in [2.75, 3.05) is 0 Å². The van der Waals surface area contributed by atoms with Crippen LogP contribution in [0.25, 0.3) is 0 Å². The summed E-state index contributed by atoms with van der Waals surface area (Å²) in [6.45, 7) is 1.85. The SMILES string of the molecule is Cc1ccc(Oc2ccc(Cl)c(C(=O)O)n2)cn1. The van der Waals surface area contributed by atoms with Gasteiger partial charge < -0.3 is 9.84 Å². The maximum absolute atomic E-state index is 10.9. The van der Waals surface area contributed by atoms with E-state index < -0.39 is 5.97 Å². The quantitative estimate of drug-likeness (QED) is 0.923. The number of carbonyl (C=O) groups is 1. The minimum Gasteiger partial charge on any atom is -0.476 e. The van der Waals surface area contributed by atoms with Crippen LogP contribution >= 0.6 is 11.6 Å². The minimum absolute atomic E-state index is 0.0666. The Labute approximate surface area is 108 Å². The van der Waals surface area contributed by atoms with Gasteiger partial charge in [0.15, 0.2) is 5.69 Å². The molecule has 2 heterocycles. The summed E-state index contributed by atoms with van der Waals surface area (Å²) < 4.78 is 5.38. The lowest BCUT2D eigenvalue weighted by molar-refractivity contribution is 0.0690. The van der Waals surface area contributed by atoms with Gasteiger partial charge in [-0.15, -0.1) is 0 Å². The van der Waals surface area contributed by atoms with Gasteiger partial charge in [-0.2, -0.15) is 0 Å². The van der Waals surface area contributed by atoms with Crippen LogP contribution in [0.5, 0.6) is 11.6 Å². The monoisotopic (exact) mass is 264 g/mol. The Bertz CT molecular complexity index is 584. The van der Waals surface area contributed by atoms with E-state index in [0.717, 1.165) is 5.69 Å². The largest absolute Gasteiger partial charge is 0.476 e. The summed E-state index contributed by atoms with van der Waals surface area (Å²) in [5.41, 5.74) is 0.617. The van der Waals surface area contributed by atoms with Crippen LogP contribution in [-0.4, -0.2) is 21.0 Å². The van der Waals surface area contributed by atoms with E-state index in [1.165, 1.54) is 18.3 Å². The maximum atomic E-state index is 10.9. The van der Waals surface area contributed by atoms with Gasteiger partial charge in [-0.1, -0.05) is 11.6 Å². The molecular weight excluding hydrogens is 256 g/mol. The smallest absolute Gasteiger partial charge is 0.356 e. The molecule has 0 aromatic carbocycles. The molecule has 5 nitrogen and oxygen atoms in total. The number of aromatic carboxylic acids is 1. The van der Waals surface area contributed by atoms with E-state index in [4.69, 9.17) is 21.4 Å². The lowest BCUT2D eigenvalue weighted by Crippen LogP contribution is -2.02. The second-order valence-corrected chi connectivity index (χ2v) is 3.93. The molecule has 0 spiro atoms. The Kier molecular flexibility index (Phi) is 3.43. The van der Waals surface area contributed by atoms with Gasteiger partial charge in [-0.3, -0.25) is 4.98 Å². The third-order valence-electron chi connectivity index (χ3n) is 2.13. The zero-order valence-corrected chi connectivity index (χ0v) is 10.2. The number of hydrogen-bond donors (Lipinski definition) is 1. The number of ether oxygens (including phenoxy) is 1. The molecule has 2 aromatic rings. The molecule has 0 radical (unpaired) electrons. The van der Waals surface area contributed by atoms with Crippen molar-refractivity contribution in [1.29, 1.82) is 0 Å². The fourth-order valence-electron chi connectivity index (χ4n) is 1.27. The Morgan fingerprint density at radius 1 is 1.33 bits per heavy atom. The molecule has 0 amide bonds. The molecule has 0 bridgehead atoms. The van der Waals surface area contributed by atoms with Crippen LogP contribution in [0.2, 0.25) is 5.02 Å². The summed E-state index contributed by atoms with van der Waals surface area (Å²) in [5.74, 6) is -0.568. The third kappa shape index (κ3) is 2.75. The van der Waals surface area contributed by atoms with Crippen molar-refractivity contribution >= 4 is 17.6 Å². The van der Waals surface area contributed by atoms with E-state index >= 15 is 0 Å². The molecule has 0 saturated heterocycles. The summed E-state index contributed by atoms with van der Waals surface area (Å²) in [4.78, 5) is 18.7. The lowest BCUT2D eigenvalue weighted by atomic mass is 10.3. The lowest BCUT2D eigenvalue weighted by Gasteiger charge is -2.05. The summed E-state index contributed by atoms with van der Waals surface area (Å²) >= 11 is 5.70. The summed E-state index contributed by atoms with van der Waals surface area (Å²) in [6, 6.07) is 6.42. The maximum Gasteiger partial charge on any atom is 0.356 e. The molecule has 1 N–H and O–H groups in total. The zero-order chi connectivity index (χ0) is 13.1. The number of nitrogens with zero attached hydrogens (tertiary/aromatic N) is 2. The average Bonchev–Trinajstić information content (AvgIpc) is 2.34. The molecule has 18 heavy (non-hydrogen) atoms. The van der Waals surface area contributed by atoms with Crippen molar-refractivity contribution in [2.24, 2.45) is 0 Å². The third-order valence-corrected chi connectivity index (χ3v) is 2.43. The number of halogens is 1. The molecule has 2 rings (SSSR count). The van der Waals surface area contributed by atoms with Gasteiger partial charge in [0.1, 0.15) is 5.75 Å². The Balaban J connectivity index is 2.27. The van der Waals surface area contributed by atoms with Crippen LogP contribution < -0.4 is 4.74 Å². The van der Waals surface area contributed by atoms with E-state index in [-0.39, 0.29) is 16.6 Å². The second-order valence-electron chi connectivity index (χ2n) is 3.52. The predicted molar refractivity (Wildman–Crippen MR) is 65.3 cm³/mol. The first-order valence-corrected chi connectivity index (χ1v) is 5.44. The molecule has 0 aliphatic heterocycles. The molecule has 0 aliphatic carbocycles. The van der Waals surface area contributed by atoms with Gasteiger partial charge >= 0.3 is 5.97 Å². The number of carboxylic acids is 1.